The maximum atomic E-state index is 5.09. The largest absolute Gasteiger partial charge is 0.238 e. The summed E-state index contributed by atoms with van der Waals surface area (Å²) in [4.78, 5) is 25.2. The Hall–Kier alpha value is -3.82. The minimum Gasteiger partial charge on any atom is -0.238 e. The van der Waals surface area contributed by atoms with E-state index in [0.717, 1.165) is 68.5 Å². The lowest BCUT2D eigenvalue weighted by Crippen LogP contribution is -1.87. The molecular formula is C38H34N4S4. The average Bonchev–Trinajstić information content (AvgIpc) is 3.92. The smallest absolute Gasteiger partial charge is 0.153 e. The number of hydrogen-bond donors (Lipinski definition) is 0. The first-order chi connectivity index (χ1) is 22.6. The molecule has 0 saturated heterocycles. The number of benzene rings is 3. The van der Waals surface area contributed by atoms with E-state index in [1.165, 1.54) is 41.8 Å². The van der Waals surface area contributed by atoms with Crippen LogP contribution in [0.5, 0.6) is 0 Å². The van der Waals surface area contributed by atoms with Gasteiger partial charge in [0.1, 0.15) is 0 Å². The van der Waals surface area contributed by atoms with Crippen LogP contribution in [0.2, 0.25) is 0 Å². The molecular weight excluding hydrogens is 641 g/mol. The molecule has 0 spiro atoms. The van der Waals surface area contributed by atoms with E-state index in [4.69, 9.17) is 19.9 Å². The molecule has 0 fully saturated rings. The van der Waals surface area contributed by atoms with Crippen molar-refractivity contribution < 1.29 is 0 Å². The van der Waals surface area contributed by atoms with Gasteiger partial charge in [0.25, 0.3) is 0 Å². The Morgan fingerprint density at radius 3 is 0.826 bits per heavy atom. The highest BCUT2D eigenvalue weighted by atomic mass is 32.1. The second kappa shape index (κ2) is 13.5. The van der Waals surface area contributed by atoms with Crippen molar-refractivity contribution in [3.63, 3.8) is 0 Å². The lowest BCUT2D eigenvalue weighted by atomic mass is 10.1. The zero-order valence-corrected chi connectivity index (χ0v) is 29.6. The first-order valence-electron chi connectivity index (χ1n) is 15.8. The summed E-state index contributed by atoms with van der Waals surface area (Å²) < 4.78 is 0. The highest BCUT2D eigenvalue weighted by molar-refractivity contribution is 7.25. The monoisotopic (exact) mass is 674 g/mol. The Labute approximate surface area is 286 Å². The molecule has 4 aromatic heterocycles. The van der Waals surface area contributed by atoms with E-state index < -0.39 is 0 Å². The number of hydrogen-bond acceptors (Lipinski definition) is 8. The van der Waals surface area contributed by atoms with E-state index in [-0.39, 0.29) is 0 Å². The number of aryl methyl sites for hydroxylation is 4. The molecule has 7 aromatic rings. The van der Waals surface area contributed by atoms with Gasteiger partial charge in [0.2, 0.25) is 0 Å². The summed E-state index contributed by atoms with van der Waals surface area (Å²) >= 11 is 7.01. The Morgan fingerprint density at radius 1 is 0.348 bits per heavy atom. The van der Waals surface area contributed by atoms with Crippen molar-refractivity contribution in [2.45, 2.75) is 53.4 Å². The van der Waals surface area contributed by atoms with Gasteiger partial charge >= 0.3 is 0 Å². The Bertz CT molecular complexity index is 1930. The summed E-state index contributed by atoms with van der Waals surface area (Å²) in [6, 6.07) is 30.1. The summed E-state index contributed by atoms with van der Waals surface area (Å²) in [5, 5.41) is 4.02. The molecule has 0 radical (unpaired) electrons. The van der Waals surface area contributed by atoms with Crippen LogP contribution < -0.4 is 0 Å². The van der Waals surface area contributed by atoms with Gasteiger partial charge < -0.3 is 0 Å². The van der Waals surface area contributed by atoms with E-state index >= 15 is 0 Å². The maximum absolute atomic E-state index is 5.09. The van der Waals surface area contributed by atoms with Crippen molar-refractivity contribution >= 4 is 45.3 Å². The maximum Gasteiger partial charge on any atom is 0.153 e. The highest BCUT2D eigenvalue weighted by Gasteiger charge is 2.21. The van der Waals surface area contributed by atoms with Crippen molar-refractivity contribution in [3.8, 4) is 61.8 Å². The fourth-order valence-electron chi connectivity index (χ4n) is 5.59. The zero-order valence-electron chi connectivity index (χ0n) is 26.3. The molecule has 0 bridgehead atoms. The normalized spacial score (nSPS) is 11.4. The van der Waals surface area contributed by atoms with Gasteiger partial charge in [0.05, 0.1) is 42.3 Å². The molecule has 4 heterocycles. The van der Waals surface area contributed by atoms with Crippen LogP contribution in [-0.2, 0) is 25.7 Å². The second-order valence-electron chi connectivity index (χ2n) is 10.9. The third kappa shape index (κ3) is 5.91. The first kappa shape index (κ1) is 30.8. The SMILES string of the molecule is CCc1nc(-c2nc(CC)c(-c3ccc(-c4sc(-c5nc(CC)c(-c6ccccc6)s5)nc4CC)cc3)s2)sc1-c1ccccc1. The second-order valence-corrected chi connectivity index (χ2v) is 14.9. The molecule has 7 rings (SSSR count). The average molecular weight is 675 g/mol. The molecule has 46 heavy (non-hydrogen) atoms. The molecule has 8 heteroatoms. The minimum absolute atomic E-state index is 0.877. The van der Waals surface area contributed by atoms with Gasteiger partial charge in [0, 0.05) is 0 Å². The molecule has 0 unspecified atom stereocenters. The molecule has 3 aromatic carbocycles. The predicted molar refractivity (Wildman–Crippen MR) is 199 cm³/mol. The lowest BCUT2D eigenvalue weighted by Gasteiger charge is -2.04. The van der Waals surface area contributed by atoms with E-state index in [1.54, 1.807) is 45.3 Å². The van der Waals surface area contributed by atoms with Crippen molar-refractivity contribution in [1.82, 2.24) is 19.9 Å². The van der Waals surface area contributed by atoms with Crippen LogP contribution in [0.15, 0.2) is 84.9 Å². The zero-order chi connectivity index (χ0) is 31.6. The van der Waals surface area contributed by atoms with Crippen LogP contribution in [0.25, 0.3) is 61.8 Å². The standard InChI is InChI=1S/C38H34N4S4/c1-5-27-31(23-15-11-9-12-16-23)43-35(39-27)37-41-29(7-3)33(45-37)25-19-21-26(22-20-25)34-30(8-4)42-38(46-34)36-40-28(6-2)32(44-36)24-17-13-10-14-18-24/h9-22H,5-8H2,1-4H3. The highest BCUT2D eigenvalue weighted by Crippen LogP contribution is 2.43. The van der Waals surface area contributed by atoms with Gasteiger partial charge in [-0.05, 0) is 47.9 Å². The summed E-state index contributed by atoms with van der Waals surface area (Å²) in [6.45, 7) is 8.72. The fraction of sp³-hybridized carbons (Fsp3) is 0.211. The number of rotatable bonds is 10. The Kier molecular flexibility index (Phi) is 9.04. The fourth-order valence-corrected chi connectivity index (χ4v) is 10.3. The molecule has 0 saturated carbocycles. The molecule has 0 aliphatic heterocycles. The predicted octanol–water partition coefficient (Wildman–Crippen LogP) is 11.8. The molecule has 0 atom stereocenters. The van der Waals surface area contributed by atoms with Gasteiger partial charge in [-0.2, -0.15) is 0 Å². The van der Waals surface area contributed by atoms with E-state index in [1.807, 2.05) is 0 Å². The topological polar surface area (TPSA) is 51.6 Å². The summed E-state index contributed by atoms with van der Waals surface area (Å²) in [6.07, 6.45) is 3.55. The molecule has 230 valence electrons. The Morgan fingerprint density at radius 2 is 0.587 bits per heavy atom. The number of nitrogens with zero attached hydrogens (tertiary/aromatic N) is 4. The van der Waals surface area contributed by atoms with E-state index in [2.05, 4.69) is 113 Å². The van der Waals surface area contributed by atoms with Gasteiger partial charge in [-0.1, -0.05) is 113 Å². The molecule has 0 amide bonds. The molecule has 4 nitrogen and oxygen atoms in total. The van der Waals surface area contributed by atoms with Crippen molar-refractivity contribution in [2.75, 3.05) is 0 Å². The van der Waals surface area contributed by atoms with Crippen LogP contribution in [0.4, 0.5) is 0 Å². The molecule has 0 aliphatic rings. The molecule has 0 N–H and O–H groups in total. The van der Waals surface area contributed by atoms with Crippen LogP contribution in [-0.4, -0.2) is 19.9 Å². The number of aromatic nitrogens is 4. The van der Waals surface area contributed by atoms with Crippen LogP contribution >= 0.6 is 45.3 Å². The van der Waals surface area contributed by atoms with E-state index in [0.29, 0.717) is 0 Å². The quantitative estimate of drug-likeness (QED) is 0.145. The van der Waals surface area contributed by atoms with Crippen molar-refractivity contribution in [2.24, 2.45) is 0 Å². The van der Waals surface area contributed by atoms with Crippen LogP contribution in [0, 0.1) is 0 Å². The summed E-state index contributed by atoms with van der Waals surface area (Å²) in [7, 11) is 0. The van der Waals surface area contributed by atoms with E-state index in [9.17, 15) is 0 Å². The van der Waals surface area contributed by atoms with Crippen LogP contribution in [0.3, 0.4) is 0 Å². The molecule has 0 aliphatic carbocycles. The third-order valence-corrected chi connectivity index (χ3v) is 12.8. The minimum atomic E-state index is 0.877. The van der Waals surface area contributed by atoms with Crippen LogP contribution in [0.1, 0.15) is 50.5 Å². The summed E-state index contributed by atoms with van der Waals surface area (Å²) in [5.74, 6) is 0. The van der Waals surface area contributed by atoms with Gasteiger partial charge in [-0.3, -0.25) is 0 Å². The van der Waals surface area contributed by atoms with Crippen molar-refractivity contribution in [3.05, 3.63) is 108 Å². The first-order valence-corrected chi connectivity index (χ1v) is 19.1. The van der Waals surface area contributed by atoms with Crippen molar-refractivity contribution in [1.29, 1.82) is 0 Å². The van der Waals surface area contributed by atoms with Gasteiger partial charge in [-0.15, -0.1) is 45.3 Å². The third-order valence-electron chi connectivity index (χ3n) is 7.98. The lowest BCUT2D eigenvalue weighted by molar-refractivity contribution is 1.05. The Balaban J connectivity index is 1.19. The van der Waals surface area contributed by atoms with Gasteiger partial charge in [0.15, 0.2) is 20.0 Å². The summed E-state index contributed by atoms with van der Waals surface area (Å²) in [5.41, 5.74) is 9.37. The number of thiazole rings is 4. The van der Waals surface area contributed by atoms with Gasteiger partial charge in [-0.25, -0.2) is 19.9 Å².